The average Bonchev–Trinajstić information content (AvgIpc) is 2.95. The van der Waals surface area contributed by atoms with Crippen molar-refractivity contribution in [3.8, 4) is 23.7 Å². The molecule has 0 amide bonds. The van der Waals surface area contributed by atoms with Crippen molar-refractivity contribution >= 4 is 11.1 Å². The Kier molecular flexibility index (Phi) is 4.43. The molecule has 0 aromatic heterocycles. The van der Waals surface area contributed by atoms with Crippen molar-refractivity contribution in [2.24, 2.45) is 0 Å². The fraction of sp³-hybridized carbons (Fsp3) is 0.167. The Labute approximate surface area is 137 Å². The number of fused-ring (bicyclic) bond motifs is 1. The van der Waals surface area contributed by atoms with E-state index < -0.39 is 11.1 Å². The summed E-state index contributed by atoms with van der Waals surface area (Å²) in [6.45, 7) is 0.412. The molecule has 1 N–H and O–H groups in total. The van der Waals surface area contributed by atoms with Gasteiger partial charge in [0.2, 0.25) is 0 Å². The molecule has 5 heteroatoms. The minimum Gasteiger partial charge on any atom is -0.493 e. The molecule has 0 fully saturated rings. The monoisotopic (exact) mass is 323 g/mol. The summed E-state index contributed by atoms with van der Waals surface area (Å²) >= 11 is -1.84. The Bertz CT molecular complexity index is 874. The first-order valence-corrected chi connectivity index (χ1v) is 8.30. The number of benzene rings is 2. The molecule has 0 radical (unpaired) electrons. The third kappa shape index (κ3) is 3.43. The number of rotatable bonds is 2. The predicted octanol–water partition coefficient (Wildman–Crippen LogP) is 2.66. The zero-order chi connectivity index (χ0) is 16.2. The minimum absolute atomic E-state index is 0.0582. The van der Waals surface area contributed by atoms with Gasteiger partial charge >= 0.3 is 0 Å². The van der Waals surface area contributed by atoms with Crippen LogP contribution in [0.15, 0.2) is 42.5 Å². The molecule has 2 aromatic rings. The lowest BCUT2D eigenvalue weighted by molar-refractivity contribution is 0.337. The molecule has 0 bridgehead atoms. The lowest BCUT2D eigenvalue weighted by atomic mass is 10.0. The van der Waals surface area contributed by atoms with E-state index in [4.69, 9.17) is 14.6 Å². The maximum atomic E-state index is 11.0. The van der Waals surface area contributed by atoms with Gasteiger partial charge in [-0.2, -0.15) is 5.26 Å². The molecule has 0 aliphatic carbocycles. The second-order valence-electron chi connectivity index (χ2n) is 5.16. The van der Waals surface area contributed by atoms with Gasteiger partial charge in [0.15, 0.2) is 11.1 Å². The maximum Gasteiger partial charge on any atom is 0.153 e. The molecule has 4 nitrogen and oxygen atoms in total. The summed E-state index contributed by atoms with van der Waals surface area (Å²) in [6.07, 6.45) is 0. The van der Waals surface area contributed by atoms with E-state index in [1.165, 1.54) is 0 Å². The van der Waals surface area contributed by atoms with E-state index in [1.807, 2.05) is 30.3 Å². The van der Waals surface area contributed by atoms with Crippen LogP contribution in [0.4, 0.5) is 0 Å². The summed E-state index contributed by atoms with van der Waals surface area (Å²) in [5.41, 5.74) is 2.95. The number of ether oxygens (including phenoxy) is 1. The van der Waals surface area contributed by atoms with Crippen LogP contribution < -0.4 is 4.74 Å². The van der Waals surface area contributed by atoms with E-state index in [-0.39, 0.29) is 11.7 Å². The fourth-order valence-corrected chi connectivity index (χ4v) is 3.11. The van der Waals surface area contributed by atoms with Gasteiger partial charge in [0, 0.05) is 22.6 Å². The topological polar surface area (TPSA) is 70.3 Å². The highest BCUT2D eigenvalue weighted by Gasteiger charge is 2.25. The van der Waals surface area contributed by atoms with Crippen LogP contribution in [0.5, 0.6) is 5.75 Å². The van der Waals surface area contributed by atoms with E-state index in [1.54, 1.807) is 12.1 Å². The van der Waals surface area contributed by atoms with Gasteiger partial charge < -0.3 is 9.29 Å². The number of nitriles is 1. The summed E-state index contributed by atoms with van der Waals surface area (Å²) in [5.74, 6) is 6.85. The first kappa shape index (κ1) is 15.3. The zero-order valence-electron chi connectivity index (χ0n) is 12.2. The van der Waals surface area contributed by atoms with E-state index in [9.17, 15) is 4.21 Å². The zero-order valence-corrected chi connectivity index (χ0v) is 13.0. The quantitative estimate of drug-likeness (QED) is 0.681. The standard InChI is InChI=1S/C18H13NO3S/c19-10-15-4-2-1-3-14(15)7-5-13-6-8-17-16(12-23(20)21)11-22-18(17)9-13/h1-4,6,8-9,16H,11-12H2,(H,20,21). The minimum atomic E-state index is -1.84. The molecule has 2 atom stereocenters. The lowest BCUT2D eigenvalue weighted by Crippen LogP contribution is -2.10. The van der Waals surface area contributed by atoms with Crippen LogP contribution in [0.25, 0.3) is 0 Å². The first-order valence-electron chi connectivity index (χ1n) is 7.02. The van der Waals surface area contributed by atoms with E-state index in [0.717, 1.165) is 11.1 Å². The molecule has 2 aromatic carbocycles. The summed E-state index contributed by atoms with van der Waals surface area (Å²) < 4.78 is 25.6. The van der Waals surface area contributed by atoms with Gasteiger partial charge in [0.05, 0.1) is 17.9 Å². The Morgan fingerprint density at radius 1 is 1.22 bits per heavy atom. The van der Waals surface area contributed by atoms with Crippen LogP contribution in [-0.4, -0.2) is 21.1 Å². The van der Waals surface area contributed by atoms with Crippen LogP contribution in [0.1, 0.15) is 28.2 Å². The van der Waals surface area contributed by atoms with E-state index in [2.05, 4.69) is 17.9 Å². The molecule has 0 spiro atoms. The van der Waals surface area contributed by atoms with Crippen molar-refractivity contribution in [1.29, 1.82) is 5.26 Å². The predicted molar refractivity (Wildman–Crippen MR) is 87.5 cm³/mol. The smallest absolute Gasteiger partial charge is 0.153 e. The molecular weight excluding hydrogens is 310 g/mol. The van der Waals surface area contributed by atoms with Crippen LogP contribution in [0, 0.1) is 23.2 Å². The third-order valence-corrected chi connectivity index (χ3v) is 4.31. The van der Waals surface area contributed by atoms with Crippen LogP contribution >= 0.6 is 0 Å². The second-order valence-corrected chi connectivity index (χ2v) is 6.13. The van der Waals surface area contributed by atoms with Crippen molar-refractivity contribution in [2.45, 2.75) is 5.92 Å². The Morgan fingerprint density at radius 2 is 2.00 bits per heavy atom. The van der Waals surface area contributed by atoms with E-state index >= 15 is 0 Å². The van der Waals surface area contributed by atoms with Gasteiger partial charge in [-0.3, -0.25) is 0 Å². The van der Waals surface area contributed by atoms with Gasteiger partial charge in [-0.1, -0.05) is 30.0 Å². The molecule has 1 aliphatic rings. The Hall–Kier alpha value is -2.60. The average molecular weight is 323 g/mol. The van der Waals surface area contributed by atoms with Gasteiger partial charge in [0.1, 0.15) is 11.8 Å². The van der Waals surface area contributed by atoms with Crippen molar-refractivity contribution < 1.29 is 13.5 Å². The summed E-state index contributed by atoms with van der Waals surface area (Å²) in [4.78, 5) is 0. The highest BCUT2D eigenvalue weighted by molar-refractivity contribution is 7.79. The van der Waals surface area contributed by atoms with Crippen LogP contribution in [0.3, 0.4) is 0 Å². The van der Waals surface area contributed by atoms with Crippen LogP contribution in [-0.2, 0) is 11.1 Å². The molecule has 23 heavy (non-hydrogen) atoms. The number of hydrogen-bond donors (Lipinski definition) is 1. The highest BCUT2D eigenvalue weighted by atomic mass is 32.2. The SMILES string of the molecule is N#Cc1ccccc1C#Cc1ccc2c(c1)OCC2CS(=O)O. The third-order valence-electron chi connectivity index (χ3n) is 3.63. The molecular formula is C18H13NO3S. The summed E-state index contributed by atoms with van der Waals surface area (Å²) in [6, 6.07) is 14.9. The van der Waals surface area contributed by atoms with Crippen LogP contribution in [0.2, 0.25) is 0 Å². The largest absolute Gasteiger partial charge is 0.493 e. The normalized spacial score (nSPS) is 16.4. The summed E-state index contributed by atoms with van der Waals surface area (Å²) in [7, 11) is 0. The van der Waals surface area contributed by atoms with E-state index in [0.29, 0.717) is 23.5 Å². The molecule has 114 valence electrons. The van der Waals surface area contributed by atoms with Crippen molar-refractivity contribution in [3.05, 3.63) is 64.7 Å². The molecule has 1 aliphatic heterocycles. The Morgan fingerprint density at radius 3 is 2.74 bits per heavy atom. The highest BCUT2D eigenvalue weighted by Crippen LogP contribution is 2.34. The molecule has 0 saturated heterocycles. The molecule has 2 unspecified atom stereocenters. The second kappa shape index (κ2) is 6.66. The van der Waals surface area contributed by atoms with Gasteiger partial charge in [-0.25, -0.2) is 4.21 Å². The fourth-order valence-electron chi connectivity index (χ4n) is 2.49. The maximum absolute atomic E-state index is 11.0. The molecule has 3 rings (SSSR count). The summed E-state index contributed by atoms with van der Waals surface area (Å²) in [5, 5.41) is 9.06. The van der Waals surface area contributed by atoms with Gasteiger partial charge in [-0.15, -0.1) is 0 Å². The number of nitrogens with zero attached hydrogens (tertiary/aromatic N) is 1. The van der Waals surface area contributed by atoms with Crippen molar-refractivity contribution in [2.75, 3.05) is 12.4 Å². The van der Waals surface area contributed by atoms with Gasteiger partial charge in [-0.05, 0) is 24.3 Å². The lowest BCUT2D eigenvalue weighted by Gasteiger charge is -2.04. The van der Waals surface area contributed by atoms with Gasteiger partial charge in [0.25, 0.3) is 0 Å². The first-order chi connectivity index (χ1) is 11.2. The molecule has 0 saturated carbocycles. The van der Waals surface area contributed by atoms with Crippen molar-refractivity contribution in [1.82, 2.24) is 0 Å². The Balaban J connectivity index is 1.86. The molecule has 1 heterocycles. The number of hydrogen-bond acceptors (Lipinski definition) is 3. The van der Waals surface area contributed by atoms with Crippen molar-refractivity contribution in [3.63, 3.8) is 0 Å².